The SMILES string of the molecule is CCOC(=O)CC1(OC)C(C2CCCO2)N(C(=O)CC)C=CN1C(=O)CC. The molecule has 0 aromatic heterocycles. The van der Waals surface area contributed by atoms with Crippen LogP contribution in [0.25, 0.3) is 0 Å². The molecule has 0 aromatic carbocycles. The second-order valence-electron chi connectivity index (χ2n) is 6.60. The molecule has 2 aliphatic heterocycles. The van der Waals surface area contributed by atoms with E-state index in [0.29, 0.717) is 13.0 Å². The number of hydrogen-bond acceptors (Lipinski definition) is 6. The molecule has 8 nitrogen and oxygen atoms in total. The zero-order chi connectivity index (χ0) is 20.0. The van der Waals surface area contributed by atoms with Crippen LogP contribution in [-0.4, -0.2) is 65.8 Å². The summed E-state index contributed by atoms with van der Waals surface area (Å²) in [6.07, 6.45) is 4.67. The summed E-state index contributed by atoms with van der Waals surface area (Å²) in [7, 11) is 1.45. The number of esters is 1. The fourth-order valence-electron chi connectivity index (χ4n) is 3.82. The van der Waals surface area contributed by atoms with Gasteiger partial charge in [0.1, 0.15) is 6.04 Å². The summed E-state index contributed by atoms with van der Waals surface area (Å²) >= 11 is 0. The van der Waals surface area contributed by atoms with Gasteiger partial charge in [0.05, 0.1) is 19.1 Å². The largest absolute Gasteiger partial charge is 0.466 e. The molecule has 2 aliphatic rings. The van der Waals surface area contributed by atoms with Crippen LogP contribution < -0.4 is 0 Å². The van der Waals surface area contributed by atoms with Crippen molar-refractivity contribution in [3.05, 3.63) is 12.4 Å². The molecule has 8 heteroatoms. The topological polar surface area (TPSA) is 85.4 Å². The minimum atomic E-state index is -1.38. The lowest BCUT2D eigenvalue weighted by Crippen LogP contribution is -2.69. The van der Waals surface area contributed by atoms with Crippen LogP contribution >= 0.6 is 0 Å². The van der Waals surface area contributed by atoms with Crippen molar-refractivity contribution in [1.82, 2.24) is 9.80 Å². The average molecular weight is 382 g/mol. The Labute approximate surface area is 160 Å². The van der Waals surface area contributed by atoms with Gasteiger partial charge in [0.25, 0.3) is 0 Å². The van der Waals surface area contributed by atoms with E-state index in [2.05, 4.69) is 0 Å². The van der Waals surface area contributed by atoms with E-state index in [1.807, 2.05) is 0 Å². The molecule has 1 saturated heterocycles. The van der Waals surface area contributed by atoms with E-state index in [4.69, 9.17) is 14.2 Å². The average Bonchev–Trinajstić information content (AvgIpc) is 3.20. The van der Waals surface area contributed by atoms with Crippen molar-refractivity contribution in [1.29, 1.82) is 0 Å². The summed E-state index contributed by atoms with van der Waals surface area (Å²) in [6.45, 7) is 6.02. The third-order valence-corrected chi connectivity index (χ3v) is 5.08. The van der Waals surface area contributed by atoms with Crippen molar-refractivity contribution >= 4 is 17.8 Å². The number of rotatable bonds is 7. The lowest BCUT2D eigenvalue weighted by Gasteiger charge is -2.52. The van der Waals surface area contributed by atoms with E-state index in [1.165, 1.54) is 18.2 Å². The molecule has 0 saturated carbocycles. The van der Waals surface area contributed by atoms with Gasteiger partial charge in [0.2, 0.25) is 11.8 Å². The van der Waals surface area contributed by atoms with Gasteiger partial charge in [0.15, 0.2) is 5.72 Å². The molecule has 2 heterocycles. The van der Waals surface area contributed by atoms with Gasteiger partial charge in [0, 0.05) is 39.0 Å². The number of amides is 2. The van der Waals surface area contributed by atoms with Gasteiger partial charge in [-0.2, -0.15) is 0 Å². The Balaban J connectivity index is 2.57. The van der Waals surface area contributed by atoms with Gasteiger partial charge >= 0.3 is 5.97 Å². The maximum Gasteiger partial charge on any atom is 0.310 e. The third kappa shape index (κ3) is 4.16. The van der Waals surface area contributed by atoms with Gasteiger partial charge in [-0.25, -0.2) is 0 Å². The predicted molar refractivity (Wildman–Crippen MR) is 97.2 cm³/mol. The highest BCUT2D eigenvalue weighted by atomic mass is 16.5. The smallest absolute Gasteiger partial charge is 0.310 e. The van der Waals surface area contributed by atoms with E-state index in [1.54, 1.807) is 31.9 Å². The van der Waals surface area contributed by atoms with Crippen molar-refractivity contribution in [2.24, 2.45) is 0 Å². The van der Waals surface area contributed by atoms with Crippen molar-refractivity contribution in [3.63, 3.8) is 0 Å². The zero-order valence-corrected chi connectivity index (χ0v) is 16.6. The fraction of sp³-hybridized carbons (Fsp3) is 0.737. The summed E-state index contributed by atoms with van der Waals surface area (Å²) in [5.74, 6) is -0.819. The van der Waals surface area contributed by atoms with E-state index < -0.39 is 17.7 Å². The lowest BCUT2D eigenvalue weighted by molar-refractivity contribution is -0.208. The molecule has 2 amide bonds. The van der Waals surface area contributed by atoms with Crippen LogP contribution in [-0.2, 0) is 28.6 Å². The quantitative estimate of drug-likeness (QED) is 0.624. The first-order valence-electron chi connectivity index (χ1n) is 9.59. The molecule has 27 heavy (non-hydrogen) atoms. The summed E-state index contributed by atoms with van der Waals surface area (Å²) < 4.78 is 16.9. The molecule has 3 unspecified atom stereocenters. The van der Waals surface area contributed by atoms with Crippen molar-refractivity contribution in [2.75, 3.05) is 20.3 Å². The first kappa shape index (κ1) is 21.4. The fourth-order valence-corrected chi connectivity index (χ4v) is 3.82. The van der Waals surface area contributed by atoms with Crippen LogP contribution in [0.2, 0.25) is 0 Å². The third-order valence-electron chi connectivity index (χ3n) is 5.08. The van der Waals surface area contributed by atoms with Gasteiger partial charge in [-0.15, -0.1) is 0 Å². The van der Waals surface area contributed by atoms with Crippen LogP contribution in [0.3, 0.4) is 0 Å². The number of hydrogen-bond donors (Lipinski definition) is 0. The molecular weight excluding hydrogens is 352 g/mol. The summed E-state index contributed by atoms with van der Waals surface area (Å²) in [5.41, 5.74) is -1.38. The van der Waals surface area contributed by atoms with Gasteiger partial charge in [-0.1, -0.05) is 13.8 Å². The zero-order valence-electron chi connectivity index (χ0n) is 16.6. The maximum atomic E-state index is 12.7. The summed E-state index contributed by atoms with van der Waals surface area (Å²) in [6, 6.07) is -0.637. The molecule has 0 N–H and O–H groups in total. The number of ether oxygens (including phenoxy) is 3. The van der Waals surface area contributed by atoms with Crippen molar-refractivity contribution in [3.8, 4) is 0 Å². The Morgan fingerprint density at radius 3 is 2.37 bits per heavy atom. The first-order chi connectivity index (χ1) is 12.9. The maximum absolute atomic E-state index is 12.7. The highest BCUT2D eigenvalue weighted by Gasteiger charge is 2.56. The Hall–Kier alpha value is -1.93. The molecular formula is C19H30N2O6. The molecule has 0 spiro atoms. The normalized spacial score (nSPS) is 27.7. The van der Waals surface area contributed by atoms with Gasteiger partial charge in [-0.05, 0) is 19.8 Å². The molecule has 3 atom stereocenters. The molecule has 0 aromatic rings. The molecule has 1 fully saturated rings. The van der Waals surface area contributed by atoms with E-state index >= 15 is 0 Å². The van der Waals surface area contributed by atoms with Crippen LogP contribution in [0.1, 0.15) is 52.9 Å². The van der Waals surface area contributed by atoms with E-state index in [9.17, 15) is 14.4 Å². The Kier molecular flexibility index (Phi) is 7.38. The summed E-state index contributed by atoms with van der Waals surface area (Å²) in [5, 5.41) is 0. The van der Waals surface area contributed by atoms with Crippen LogP contribution in [0.15, 0.2) is 12.4 Å². The van der Waals surface area contributed by atoms with Gasteiger partial charge < -0.3 is 19.1 Å². The van der Waals surface area contributed by atoms with E-state index in [0.717, 1.165) is 6.42 Å². The first-order valence-corrected chi connectivity index (χ1v) is 9.59. The second-order valence-corrected chi connectivity index (χ2v) is 6.60. The predicted octanol–water partition coefficient (Wildman–Crippen LogP) is 1.79. The molecule has 0 radical (unpaired) electrons. The Bertz CT molecular complexity index is 587. The summed E-state index contributed by atoms with van der Waals surface area (Å²) in [4.78, 5) is 40.7. The highest BCUT2D eigenvalue weighted by molar-refractivity contribution is 5.82. The molecule has 152 valence electrons. The lowest BCUT2D eigenvalue weighted by atomic mass is 9.88. The second kappa shape index (κ2) is 9.32. The van der Waals surface area contributed by atoms with E-state index in [-0.39, 0.29) is 43.8 Å². The number of carbonyl (C=O) groups is 3. The van der Waals surface area contributed by atoms with Gasteiger partial charge in [-0.3, -0.25) is 19.3 Å². The number of methoxy groups -OCH3 is 1. The molecule has 0 bridgehead atoms. The molecule has 0 aliphatic carbocycles. The minimum Gasteiger partial charge on any atom is -0.466 e. The minimum absolute atomic E-state index is 0.124. The van der Waals surface area contributed by atoms with Crippen LogP contribution in [0.4, 0.5) is 0 Å². The van der Waals surface area contributed by atoms with Crippen molar-refractivity contribution in [2.45, 2.75) is 70.7 Å². The monoisotopic (exact) mass is 382 g/mol. The highest BCUT2D eigenvalue weighted by Crippen LogP contribution is 2.39. The standard InChI is InChI=1S/C19H30N2O6/c1-5-15(22)20-10-11-21(16(23)6-2)19(25-4,13-17(24)26-7-3)18(20)14-9-8-12-27-14/h10-11,14,18H,5-9,12-13H2,1-4H3. The van der Waals surface area contributed by atoms with Crippen LogP contribution in [0, 0.1) is 0 Å². The van der Waals surface area contributed by atoms with Crippen LogP contribution in [0.5, 0.6) is 0 Å². The number of nitrogens with zero attached hydrogens (tertiary/aromatic N) is 2. The van der Waals surface area contributed by atoms with Crippen molar-refractivity contribution < 1.29 is 28.6 Å². The number of carbonyl (C=O) groups excluding carboxylic acids is 3. The Morgan fingerprint density at radius 2 is 1.85 bits per heavy atom. The molecule has 2 rings (SSSR count). The Morgan fingerprint density at radius 1 is 1.15 bits per heavy atom.